The van der Waals surface area contributed by atoms with Gasteiger partial charge in [0.2, 0.25) is 5.13 Å². The van der Waals surface area contributed by atoms with Crippen molar-refractivity contribution >= 4 is 16.7 Å². The Morgan fingerprint density at radius 2 is 2.12 bits per heavy atom. The number of nitrogens with zero attached hydrogens (tertiary/aromatic N) is 2. The first kappa shape index (κ1) is 13.4. The molecule has 4 nitrogen and oxygen atoms in total. The van der Waals surface area contributed by atoms with Crippen molar-refractivity contribution in [3.8, 4) is 0 Å². The maximum atomic E-state index is 5.61. The lowest BCUT2D eigenvalue weighted by molar-refractivity contribution is -0.0198. The van der Waals surface area contributed by atoms with Crippen molar-refractivity contribution in [1.29, 1.82) is 0 Å². The smallest absolute Gasteiger partial charge is 0.202 e. The van der Waals surface area contributed by atoms with Crippen molar-refractivity contribution in [1.82, 2.24) is 9.36 Å². The van der Waals surface area contributed by atoms with Gasteiger partial charge >= 0.3 is 0 Å². The minimum atomic E-state index is -0.400. The number of rotatable bonds is 6. The molecule has 0 saturated carbocycles. The summed E-state index contributed by atoms with van der Waals surface area (Å²) in [7, 11) is 0. The van der Waals surface area contributed by atoms with E-state index in [0.717, 1.165) is 17.5 Å². The van der Waals surface area contributed by atoms with Crippen LogP contribution in [-0.2, 0) is 10.3 Å². The van der Waals surface area contributed by atoms with Gasteiger partial charge in [0.1, 0.15) is 5.60 Å². The van der Waals surface area contributed by atoms with Crippen molar-refractivity contribution in [2.24, 2.45) is 5.92 Å². The molecule has 0 aromatic carbocycles. The van der Waals surface area contributed by atoms with Gasteiger partial charge in [-0.05, 0) is 26.7 Å². The van der Waals surface area contributed by atoms with E-state index in [0.29, 0.717) is 12.5 Å². The molecular formula is C11H21N3OS. The largest absolute Gasteiger partial charge is 0.368 e. The van der Waals surface area contributed by atoms with Crippen molar-refractivity contribution in [3.63, 3.8) is 0 Å². The van der Waals surface area contributed by atoms with Gasteiger partial charge in [-0.2, -0.15) is 4.37 Å². The van der Waals surface area contributed by atoms with E-state index < -0.39 is 5.60 Å². The minimum absolute atomic E-state index is 0.400. The molecule has 5 heteroatoms. The zero-order valence-electron chi connectivity index (χ0n) is 10.7. The Labute approximate surface area is 102 Å². The first-order valence-electron chi connectivity index (χ1n) is 5.67. The molecule has 0 atom stereocenters. The van der Waals surface area contributed by atoms with Gasteiger partial charge in [-0.1, -0.05) is 13.8 Å². The third-order valence-electron chi connectivity index (χ3n) is 2.13. The molecule has 1 N–H and O–H groups in total. The van der Waals surface area contributed by atoms with E-state index in [2.05, 4.69) is 28.5 Å². The van der Waals surface area contributed by atoms with Crippen molar-refractivity contribution in [3.05, 3.63) is 5.82 Å². The van der Waals surface area contributed by atoms with E-state index in [1.54, 1.807) is 0 Å². The maximum absolute atomic E-state index is 5.61. The Kier molecular flexibility index (Phi) is 4.68. The highest BCUT2D eigenvalue weighted by Crippen LogP contribution is 2.25. The molecule has 16 heavy (non-hydrogen) atoms. The van der Waals surface area contributed by atoms with Crippen LogP contribution in [0.4, 0.5) is 5.13 Å². The van der Waals surface area contributed by atoms with Crippen LogP contribution in [0.1, 0.15) is 40.4 Å². The molecule has 0 amide bonds. The number of ether oxygens (including phenoxy) is 1. The lowest BCUT2D eigenvalue weighted by atomic mass is 10.1. The van der Waals surface area contributed by atoms with E-state index in [1.807, 2.05) is 20.8 Å². The minimum Gasteiger partial charge on any atom is -0.368 e. The van der Waals surface area contributed by atoms with Gasteiger partial charge in [0.25, 0.3) is 0 Å². The predicted octanol–water partition coefficient (Wildman–Crippen LogP) is 2.88. The Bertz CT molecular complexity index is 323. The Hall–Kier alpha value is -0.680. The molecular weight excluding hydrogens is 222 g/mol. The molecule has 0 bridgehead atoms. The van der Waals surface area contributed by atoms with Crippen LogP contribution in [0.5, 0.6) is 0 Å². The van der Waals surface area contributed by atoms with E-state index in [-0.39, 0.29) is 0 Å². The number of nitrogens with one attached hydrogen (secondary N) is 1. The molecule has 0 aliphatic carbocycles. The average molecular weight is 243 g/mol. The fraction of sp³-hybridized carbons (Fsp3) is 0.818. The number of hydrogen-bond donors (Lipinski definition) is 1. The van der Waals surface area contributed by atoms with Gasteiger partial charge in [-0.3, -0.25) is 0 Å². The summed E-state index contributed by atoms with van der Waals surface area (Å²) in [6.07, 6.45) is 0. The highest BCUT2D eigenvalue weighted by molar-refractivity contribution is 7.09. The molecule has 1 heterocycles. The van der Waals surface area contributed by atoms with Crippen LogP contribution in [-0.4, -0.2) is 22.5 Å². The second-order valence-electron chi connectivity index (χ2n) is 4.64. The standard InChI is InChI=1S/C11H21N3OS/c1-6-15-11(4,5)9-13-10(16-14-9)12-7-8(2)3/h8H,6-7H2,1-5H3,(H,12,13,14). The molecule has 0 fully saturated rings. The van der Waals surface area contributed by atoms with Gasteiger partial charge in [-0.25, -0.2) is 4.98 Å². The van der Waals surface area contributed by atoms with E-state index in [4.69, 9.17) is 4.74 Å². The van der Waals surface area contributed by atoms with Crippen LogP contribution < -0.4 is 5.32 Å². The normalized spacial score (nSPS) is 12.1. The summed E-state index contributed by atoms with van der Waals surface area (Å²) in [5.41, 5.74) is -0.400. The fourth-order valence-corrected chi connectivity index (χ4v) is 1.97. The van der Waals surface area contributed by atoms with Crippen molar-refractivity contribution in [2.75, 3.05) is 18.5 Å². The highest BCUT2D eigenvalue weighted by atomic mass is 32.1. The summed E-state index contributed by atoms with van der Waals surface area (Å²) in [4.78, 5) is 4.44. The topological polar surface area (TPSA) is 47.0 Å². The molecule has 92 valence electrons. The fourth-order valence-electron chi connectivity index (χ4n) is 1.26. The first-order valence-corrected chi connectivity index (χ1v) is 6.45. The third-order valence-corrected chi connectivity index (χ3v) is 2.80. The monoisotopic (exact) mass is 243 g/mol. The van der Waals surface area contributed by atoms with E-state index in [9.17, 15) is 0 Å². The summed E-state index contributed by atoms with van der Waals surface area (Å²) in [6.45, 7) is 11.9. The molecule has 1 rings (SSSR count). The second kappa shape index (κ2) is 5.59. The SMILES string of the molecule is CCOC(C)(C)c1nsc(NCC(C)C)n1. The summed E-state index contributed by atoms with van der Waals surface area (Å²) in [5.74, 6) is 1.36. The van der Waals surface area contributed by atoms with Crippen LogP contribution >= 0.6 is 11.5 Å². The van der Waals surface area contributed by atoms with E-state index >= 15 is 0 Å². The Balaban J connectivity index is 2.63. The molecule has 1 aromatic heterocycles. The number of aromatic nitrogens is 2. The van der Waals surface area contributed by atoms with Crippen LogP contribution in [0.15, 0.2) is 0 Å². The van der Waals surface area contributed by atoms with Gasteiger partial charge in [0, 0.05) is 24.7 Å². The summed E-state index contributed by atoms with van der Waals surface area (Å²) in [6, 6.07) is 0. The quantitative estimate of drug-likeness (QED) is 0.834. The average Bonchev–Trinajstić information content (AvgIpc) is 2.63. The van der Waals surface area contributed by atoms with Crippen molar-refractivity contribution in [2.45, 2.75) is 40.2 Å². The zero-order chi connectivity index (χ0) is 12.2. The molecule has 0 saturated heterocycles. The molecule has 0 unspecified atom stereocenters. The summed E-state index contributed by atoms with van der Waals surface area (Å²) in [5, 5.41) is 4.14. The van der Waals surface area contributed by atoms with Crippen LogP contribution in [0.2, 0.25) is 0 Å². The molecule has 0 aliphatic rings. The lowest BCUT2D eigenvalue weighted by Gasteiger charge is -2.20. The van der Waals surface area contributed by atoms with Crippen LogP contribution in [0, 0.1) is 5.92 Å². The van der Waals surface area contributed by atoms with Crippen LogP contribution in [0.25, 0.3) is 0 Å². The number of hydrogen-bond acceptors (Lipinski definition) is 5. The number of anilines is 1. The zero-order valence-corrected chi connectivity index (χ0v) is 11.5. The second-order valence-corrected chi connectivity index (χ2v) is 5.39. The molecule has 1 aromatic rings. The maximum Gasteiger partial charge on any atom is 0.202 e. The molecule has 0 spiro atoms. The molecule has 0 aliphatic heterocycles. The van der Waals surface area contributed by atoms with Gasteiger partial charge in [-0.15, -0.1) is 0 Å². The Morgan fingerprint density at radius 3 is 2.69 bits per heavy atom. The van der Waals surface area contributed by atoms with Gasteiger partial charge in [0.05, 0.1) is 0 Å². The highest BCUT2D eigenvalue weighted by Gasteiger charge is 2.25. The van der Waals surface area contributed by atoms with Gasteiger partial charge < -0.3 is 10.1 Å². The third kappa shape index (κ3) is 3.72. The molecule has 0 radical (unpaired) electrons. The first-order chi connectivity index (χ1) is 7.45. The van der Waals surface area contributed by atoms with Gasteiger partial charge in [0.15, 0.2) is 5.82 Å². The lowest BCUT2D eigenvalue weighted by Crippen LogP contribution is -2.23. The predicted molar refractivity (Wildman–Crippen MR) is 67.9 cm³/mol. The van der Waals surface area contributed by atoms with E-state index in [1.165, 1.54) is 11.5 Å². The van der Waals surface area contributed by atoms with Crippen molar-refractivity contribution < 1.29 is 4.74 Å². The summed E-state index contributed by atoms with van der Waals surface area (Å²) < 4.78 is 9.94. The Morgan fingerprint density at radius 1 is 1.44 bits per heavy atom. The van der Waals surface area contributed by atoms with Crippen LogP contribution in [0.3, 0.4) is 0 Å². The summed E-state index contributed by atoms with van der Waals surface area (Å²) >= 11 is 1.39.